The van der Waals surface area contributed by atoms with Gasteiger partial charge < -0.3 is 10.0 Å². The van der Waals surface area contributed by atoms with Crippen LogP contribution in [-0.4, -0.2) is 31.6 Å². The quantitative estimate of drug-likeness (QED) is 0.775. The fraction of sp³-hybridized carbons (Fsp3) is 0.560. The van der Waals surface area contributed by atoms with Crippen molar-refractivity contribution in [3.8, 4) is 5.75 Å². The largest absolute Gasteiger partial charge is 0.501 e. The summed E-state index contributed by atoms with van der Waals surface area (Å²) in [5.74, 6) is -0.555. The molecule has 4 fully saturated rings. The van der Waals surface area contributed by atoms with Crippen LogP contribution in [0.25, 0.3) is 0 Å². The summed E-state index contributed by atoms with van der Waals surface area (Å²) < 4.78 is 15.8. The molecular weight excluding hydrogens is 425 g/mol. The standard InChI is InChI=1S/C25H28FN3O4/c1-24-9-16-8-17(10-24)12-25(11-16,14-24)29-22(32)20(30)19-21(31)27(6-7-28(19)23(29)33)13-15-2-4-18(26)5-3-15/h2-5,16-17,30H,6-14H2,1H3/t16-,17+,24?,25?. The highest BCUT2D eigenvalue weighted by molar-refractivity contribution is 5.95. The highest BCUT2D eigenvalue weighted by Crippen LogP contribution is 2.63. The minimum Gasteiger partial charge on any atom is -0.501 e. The first-order valence-corrected chi connectivity index (χ1v) is 11.8. The van der Waals surface area contributed by atoms with Crippen LogP contribution in [0.1, 0.15) is 61.5 Å². The maximum Gasteiger partial charge on any atom is 0.332 e. The third-order valence-corrected chi connectivity index (χ3v) is 8.49. The van der Waals surface area contributed by atoms with E-state index in [9.17, 15) is 23.9 Å². The van der Waals surface area contributed by atoms with Gasteiger partial charge in [0.25, 0.3) is 11.5 Å². The van der Waals surface area contributed by atoms with E-state index in [1.54, 1.807) is 12.1 Å². The van der Waals surface area contributed by atoms with Crippen LogP contribution in [0.3, 0.4) is 0 Å². The summed E-state index contributed by atoms with van der Waals surface area (Å²) in [7, 11) is 0. The Morgan fingerprint density at radius 3 is 2.33 bits per heavy atom. The van der Waals surface area contributed by atoms with Gasteiger partial charge in [0.1, 0.15) is 5.82 Å². The Balaban J connectivity index is 1.41. The van der Waals surface area contributed by atoms with E-state index in [1.165, 1.54) is 26.2 Å². The van der Waals surface area contributed by atoms with Crippen LogP contribution >= 0.6 is 0 Å². The summed E-state index contributed by atoms with van der Waals surface area (Å²) in [6.07, 6.45) is 5.77. The van der Waals surface area contributed by atoms with Gasteiger partial charge in [-0.1, -0.05) is 19.1 Å². The smallest absolute Gasteiger partial charge is 0.332 e. The van der Waals surface area contributed by atoms with Crippen molar-refractivity contribution in [2.24, 2.45) is 17.3 Å². The summed E-state index contributed by atoms with van der Waals surface area (Å²) in [6.45, 7) is 2.95. The molecule has 0 radical (unpaired) electrons. The molecule has 7 rings (SSSR count). The molecule has 2 aromatic rings. The molecular formula is C25H28FN3O4. The van der Waals surface area contributed by atoms with Gasteiger partial charge in [0, 0.05) is 19.6 Å². The minimum absolute atomic E-state index is 0.119. The second kappa shape index (κ2) is 6.81. The van der Waals surface area contributed by atoms with Crippen LogP contribution in [0.2, 0.25) is 0 Å². The number of carbonyl (C=O) groups excluding carboxylic acids is 1. The minimum atomic E-state index is -0.742. The lowest BCUT2D eigenvalue weighted by molar-refractivity contribution is -0.0962. The lowest BCUT2D eigenvalue weighted by Crippen LogP contribution is -2.62. The molecule has 174 valence electrons. The first-order chi connectivity index (χ1) is 15.7. The van der Waals surface area contributed by atoms with Gasteiger partial charge in [-0.3, -0.25) is 18.7 Å². The molecule has 1 aliphatic heterocycles. The second-order valence-electron chi connectivity index (χ2n) is 11.1. The summed E-state index contributed by atoms with van der Waals surface area (Å²) in [5.41, 5.74) is -1.17. The maximum absolute atomic E-state index is 13.7. The van der Waals surface area contributed by atoms with Crippen molar-refractivity contribution in [3.63, 3.8) is 0 Å². The van der Waals surface area contributed by atoms with Crippen molar-refractivity contribution in [1.82, 2.24) is 14.0 Å². The van der Waals surface area contributed by atoms with Crippen molar-refractivity contribution >= 4 is 5.91 Å². The van der Waals surface area contributed by atoms with E-state index >= 15 is 0 Å². The van der Waals surface area contributed by atoms with Crippen LogP contribution in [-0.2, 0) is 18.6 Å². The summed E-state index contributed by atoms with van der Waals surface area (Å²) in [6, 6.07) is 5.83. The molecule has 1 aromatic heterocycles. The van der Waals surface area contributed by atoms with Gasteiger partial charge in [0.2, 0.25) is 5.75 Å². The molecule has 2 unspecified atom stereocenters. The van der Waals surface area contributed by atoms with Crippen LogP contribution in [0.4, 0.5) is 4.39 Å². The van der Waals surface area contributed by atoms with Gasteiger partial charge in [-0.05, 0) is 73.5 Å². The molecule has 1 amide bonds. The number of halogens is 1. The van der Waals surface area contributed by atoms with Crippen LogP contribution in [0.15, 0.2) is 33.9 Å². The number of hydrogen-bond acceptors (Lipinski definition) is 4. The summed E-state index contributed by atoms with van der Waals surface area (Å²) in [4.78, 5) is 41.8. The Kier molecular flexibility index (Phi) is 4.27. The number of hydrogen-bond donors (Lipinski definition) is 1. The Morgan fingerprint density at radius 2 is 1.70 bits per heavy atom. The molecule has 0 saturated heterocycles. The summed E-state index contributed by atoms with van der Waals surface area (Å²) in [5, 5.41) is 10.9. The van der Waals surface area contributed by atoms with E-state index in [2.05, 4.69) is 6.92 Å². The van der Waals surface area contributed by atoms with Crippen molar-refractivity contribution in [3.05, 3.63) is 62.2 Å². The first kappa shape index (κ1) is 20.7. The number of aromatic hydroxyl groups is 1. The fourth-order valence-corrected chi connectivity index (χ4v) is 7.84. The van der Waals surface area contributed by atoms with Crippen molar-refractivity contribution in [2.75, 3.05) is 6.54 Å². The van der Waals surface area contributed by atoms with Crippen molar-refractivity contribution in [2.45, 2.75) is 64.1 Å². The Bertz CT molecular complexity index is 1260. The number of fused-ring (bicyclic) bond motifs is 1. The van der Waals surface area contributed by atoms with Gasteiger partial charge in [0.05, 0.1) is 5.54 Å². The molecule has 8 heteroatoms. The van der Waals surface area contributed by atoms with Gasteiger partial charge in [-0.25, -0.2) is 9.18 Å². The lowest BCUT2D eigenvalue weighted by atomic mass is 9.47. The van der Waals surface area contributed by atoms with E-state index in [4.69, 9.17) is 0 Å². The number of aromatic nitrogens is 2. The molecule has 4 aliphatic carbocycles. The van der Waals surface area contributed by atoms with Crippen LogP contribution < -0.4 is 11.2 Å². The molecule has 0 spiro atoms. The monoisotopic (exact) mass is 453 g/mol. The van der Waals surface area contributed by atoms with Gasteiger partial charge in [0.15, 0.2) is 5.69 Å². The normalized spacial score (nSPS) is 32.3. The zero-order valence-corrected chi connectivity index (χ0v) is 18.7. The van der Waals surface area contributed by atoms with E-state index in [1.807, 2.05) is 0 Å². The third-order valence-electron chi connectivity index (χ3n) is 8.49. The summed E-state index contributed by atoms with van der Waals surface area (Å²) >= 11 is 0. The molecule has 5 aliphatic rings. The predicted octanol–water partition coefficient (Wildman–Crippen LogP) is 2.83. The SMILES string of the molecule is CC12C[C@H]3C[C@@H](C1)CC(n1c(=O)c(O)c4n(c1=O)CCN(Cc1ccc(F)cc1)C4=O)(C3)C2. The van der Waals surface area contributed by atoms with Gasteiger partial charge in [-0.2, -0.15) is 0 Å². The van der Waals surface area contributed by atoms with Gasteiger partial charge >= 0.3 is 5.69 Å². The average molecular weight is 454 g/mol. The zero-order valence-electron chi connectivity index (χ0n) is 18.7. The number of carbonyl (C=O) groups is 1. The van der Waals surface area contributed by atoms with E-state index in [-0.39, 0.29) is 36.6 Å². The lowest BCUT2D eigenvalue weighted by Gasteiger charge is -2.61. The molecule has 7 nitrogen and oxygen atoms in total. The fourth-order valence-electron chi connectivity index (χ4n) is 7.84. The predicted molar refractivity (Wildman–Crippen MR) is 119 cm³/mol. The maximum atomic E-state index is 13.7. The highest BCUT2D eigenvalue weighted by atomic mass is 19.1. The Morgan fingerprint density at radius 1 is 1.03 bits per heavy atom. The molecule has 4 atom stereocenters. The molecule has 1 N–H and O–H groups in total. The van der Waals surface area contributed by atoms with Crippen molar-refractivity contribution in [1.29, 1.82) is 0 Å². The number of amides is 1. The number of benzene rings is 1. The highest BCUT2D eigenvalue weighted by Gasteiger charge is 2.58. The number of rotatable bonds is 3. The van der Waals surface area contributed by atoms with Crippen LogP contribution in [0.5, 0.6) is 5.75 Å². The number of nitrogens with zero attached hydrogens (tertiary/aromatic N) is 3. The molecule has 1 aromatic carbocycles. The van der Waals surface area contributed by atoms with Crippen molar-refractivity contribution < 1.29 is 14.3 Å². The van der Waals surface area contributed by atoms with E-state index < -0.39 is 28.4 Å². The molecule has 4 bridgehead atoms. The Labute approximate surface area is 190 Å². The molecule has 33 heavy (non-hydrogen) atoms. The topological polar surface area (TPSA) is 84.5 Å². The second-order valence-corrected chi connectivity index (χ2v) is 11.1. The van der Waals surface area contributed by atoms with E-state index in [0.29, 0.717) is 11.8 Å². The molecule has 4 saturated carbocycles. The average Bonchev–Trinajstić information content (AvgIpc) is 2.73. The third kappa shape index (κ3) is 3.02. The van der Waals surface area contributed by atoms with E-state index in [0.717, 1.165) is 44.1 Å². The van der Waals surface area contributed by atoms with Crippen LogP contribution in [0, 0.1) is 23.1 Å². The van der Waals surface area contributed by atoms with Gasteiger partial charge in [-0.15, -0.1) is 0 Å². The molecule has 2 heterocycles. The Hall–Kier alpha value is -2.90. The first-order valence-electron chi connectivity index (χ1n) is 11.8. The zero-order chi connectivity index (χ0) is 23.1.